The predicted molar refractivity (Wildman–Crippen MR) is 62.1 cm³/mol. The van der Waals surface area contributed by atoms with Gasteiger partial charge in [-0.15, -0.1) is 0 Å². The van der Waals surface area contributed by atoms with E-state index in [2.05, 4.69) is 18.2 Å². The van der Waals surface area contributed by atoms with Gasteiger partial charge >= 0.3 is 0 Å². The van der Waals surface area contributed by atoms with Gasteiger partial charge in [-0.05, 0) is 42.9 Å². The fourth-order valence-electron chi connectivity index (χ4n) is 2.34. The van der Waals surface area contributed by atoms with E-state index in [4.69, 9.17) is 15.7 Å². The fraction of sp³-hybridized carbons (Fsp3) is 0.462. The van der Waals surface area contributed by atoms with E-state index < -0.39 is 5.54 Å². The number of methoxy groups -OCH3 is 1. The van der Waals surface area contributed by atoms with Crippen LogP contribution in [-0.2, 0) is 0 Å². The molecule has 2 N–H and O–H groups in total. The summed E-state index contributed by atoms with van der Waals surface area (Å²) >= 11 is 0. The summed E-state index contributed by atoms with van der Waals surface area (Å²) in [5, 5.41) is 8.98. The molecule has 3 heteroatoms. The van der Waals surface area contributed by atoms with Gasteiger partial charge in [0.15, 0.2) is 0 Å². The van der Waals surface area contributed by atoms with Gasteiger partial charge in [0, 0.05) is 0 Å². The Balaban J connectivity index is 2.12. The topological polar surface area (TPSA) is 59.0 Å². The van der Waals surface area contributed by atoms with Gasteiger partial charge in [-0.1, -0.05) is 12.1 Å². The van der Waals surface area contributed by atoms with Crippen molar-refractivity contribution in [3.8, 4) is 11.8 Å². The van der Waals surface area contributed by atoms with Gasteiger partial charge in [-0.3, -0.25) is 0 Å². The minimum Gasteiger partial charge on any atom is -0.497 e. The summed E-state index contributed by atoms with van der Waals surface area (Å²) in [6.07, 6.45) is 2.55. The van der Waals surface area contributed by atoms with Gasteiger partial charge in [-0.25, -0.2) is 0 Å². The standard InChI is InChI=1S/C13H16N2O/c1-16-12-4-2-10(3-5-12)11-6-7-13(15,8-11)9-14/h2-5,11H,6-8,15H2,1H3/t11-,13-/m1/s1. The van der Waals surface area contributed by atoms with Crippen LogP contribution in [0.5, 0.6) is 5.75 Å². The Morgan fingerprint density at radius 2 is 2.12 bits per heavy atom. The van der Waals surface area contributed by atoms with Gasteiger partial charge in [0.05, 0.1) is 13.2 Å². The number of hydrogen-bond donors (Lipinski definition) is 1. The molecule has 2 atom stereocenters. The third-order valence-electron chi connectivity index (χ3n) is 3.36. The molecule has 0 amide bonds. The molecule has 0 radical (unpaired) electrons. The molecule has 1 aromatic carbocycles. The summed E-state index contributed by atoms with van der Waals surface area (Å²) in [5.74, 6) is 1.27. The highest BCUT2D eigenvalue weighted by atomic mass is 16.5. The van der Waals surface area contributed by atoms with Crippen molar-refractivity contribution in [1.29, 1.82) is 5.26 Å². The van der Waals surface area contributed by atoms with Crippen LogP contribution in [0.4, 0.5) is 0 Å². The molecule has 0 spiro atoms. The Hall–Kier alpha value is -1.53. The Morgan fingerprint density at radius 3 is 2.62 bits per heavy atom. The van der Waals surface area contributed by atoms with Gasteiger partial charge < -0.3 is 10.5 Å². The number of benzene rings is 1. The molecule has 16 heavy (non-hydrogen) atoms. The van der Waals surface area contributed by atoms with Crippen molar-refractivity contribution in [3.63, 3.8) is 0 Å². The summed E-state index contributed by atoms with van der Waals surface area (Å²) in [4.78, 5) is 0. The first-order chi connectivity index (χ1) is 7.67. The fourth-order valence-corrected chi connectivity index (χ4v) is 2.34. The van der Waals surface area contributed by atoms with Crippen LogP contribution in [0.3, 0.4) is 0 Å². The van der Waals surface area contributed by atoms with E-state index in [9.17, 15) is 0 Å². The second-order valence-corrected chi connectivity index (χ2v) is 4.48. The summed E-state index contributed by atoms with van der Waals surface area (Å²) in [7, 11) is 1.66. The van der Waals surface area contributed by atoms with E-state index in [1.807, 2.05) is 12.1 Å². The van der Waals surface area contributed by atoms with Crippen LogP contribution in [0.1, 0.15) is 30.7 Å². The average molecular weight is 216 g/mol. The normalized spacial score (nSPS) is 28.7. The maximum atomic E-state index is 8.98. The van der Waals surface area contributed by atoms with Crippen molar-refractivity contribution in [3.05, 3.63) is 29.8 Å². The number of nitrogens with zero attached hydrogens (tertiary/aromatic N) is 1. The highest BCUT2D eigenvalue weighted by Crippen LogP contribution is 2.39. The first-order valence-corrected chi connectivity index (χ1v) is 5.51. The average Bonchev–Trinajstić information content (AvgIpc) is 2.73. The lowest BCUT2D eigenvalue weighted by molar-refractivity contribution is 0.414. The molecule has 1 aliphatic rings. The number of rotatable bonds is 2. The highest BCUT2D eigenvalue weighted by molar-refractivity contribution is 5.31. The summed E-state index contributed by atoms with van der Waals surface area (Å²) in [6, 6.07) is 10.3. The molecule has 0 unspecified atom stereocenters. The number of nitrogens with two attached hydrogens (primary N) is 1. The molecular formula is C13H16N2O. The van der Waals surface area contributed by atoms with Crippen molar-refractivity contribution >= 4 is 0 Å². The van der Waals surface area contributed by atoms with Crippen molar-refractivity contribution in [2.24, 2.45) is 5.73 Å². The van der Waals surface area contributed by atoms with E-state index >= 15 is 0 Å². The molecule has 0 aromatic heterocycles. The molecule has 0 aliphatic heterocycles. The predicted octanol–water partition coefficient (Wildman–Crippen LogP) is 2.18. The molecular weight excluding hydrogens is 200 g/mol. The van der Waals surface area contributed by atoms with Crippen LogP contribution < -0.4 is 10.5 Å². The van der Waals surface area contributed by atoms with Crippen molar-refractivity contribution < 1.29 is 4.74 Å². The zero-order chi connectivity index (χ0) is 11.6. The first kappa shape index (κ1) is 11.0. The van der Waals surface area contributed by atoms with Crippen LogP contribution >= 0.6 is 0 Å². The van der Waals surface area contributed by atoms with E-state index in [0.29, 0.717) is 5.92 Å². The quantitative estimate of drug-likeness (QED) is 0.824. The van der Waals surface area contributed by atoms with Crippen molar-refractivity contribution in [1.82, 2.24) is 0 Å². The Morgan fingerprint density at radius 1 is 1.44 bits per heavy atom. The molecule has 84 valence electrons. The van der Waals surface area contributed by atoms with Crippen LogP contribution in [0, 0.1) is 11.3 Å². The largest absolute Gasteiger partial charge is 0.497 e. The molecule has 0 bridgehead atoms. The van der Waals surface area contributed by atoms with Crippen molar-refractivity contribution in [2.75, 3.05) is 7.11 Å². The third kappa shape index (κ3) is 2.02. The maximum Gasteiger partial charge on any atom is 0.118 e. The minimum absolute atomic E-state index is 0.413. The van der Waals surface area contributed by atoms with Gasteiger partial charge in [0.1, 0.15) is 11.3 Å². The Labute approximate surface area is 95.8 Å². The molecule has 2 rings (SSSR count). The van der Waals surface area contributed by atoms with Crippen LogP contribution in [0.15, 0.2) is 24.3 Å². The zero-order valence-corrected chi connectivity index (χ0v) is 9.44. The third-order valence-corrected chi connectivity index (χ3v) is 3.36. The van der Waals surface area contributed by atoms with Gasteiger partial charge in [0.2, 0.25) is 0 Å². The van der Waals surface area contributed by atoms with Gasteiger partial charge in [-0.2, -0.15) is 5.26 Å². The SMILES string of the molecule is COc1ccc([C@@H]2CC[C@](N)(C#N)C2)cc1. The number of nitriles is 1. The number of ether oxygens (including phenoxy) is 1. The number of hydrogen-bond acceptors (Lipinski definition) is 3. The minimum atomic E-state index is -0.620. The first-order valence-electron chi connectivity index (χ1n) is 5.51. The van der Waals surface area contributed by atoms with Crippen LogP contribution in [0.25, 0.3) is 0 Å². The monoisotopic (exact) mass is 216 g/mol. The summed E-state index contributed by atoms with van der Waals surface area (Å²) < 4.78 is 5.12. The molecule has 1 aromatic rings. The van der Waals surface area contributed by atoms with Crippen LogP contribution in [-0.4, -0.2) is 12.6 Å². The molecule has 0 saturated heterocycles. The van der Waals surface area contributed by atoms with E-state index in [1.165, 1.54) is 5.56 Å². The summed E-state index contributed by atoms with van der Waals surface area (Å²) in [5.41, 5.74) is 6.59. The van der Waals surface area contributed by atoms with E-state index in [1.54, 1.807) is 7.11 Å². The van der Waals surface area contributed by atoms with E-state index in [-0.39, 0.29) is 0 Å². The molecule has 0 heterocycles. The second-order valence-electron chi connectivity index (χ2n) is 4.48. The second kappa shape index (κ2) is 4.15. The molecule has 1 fully saturated rings. The highest BCUT2D eigenvalue weighted by Gasteiger charge is 2.36. The molecule has 3 nitrogen and oxygen atoms in total. The zero-order valence-electron chi connectivity index (χ0n) is 9.44. The van der Waals surface area contributed by atoms with Crippen molar-refractivity contribution in [2.45, 2.75) is 30.7 Å². The molecule has 1 saturated carbocycles. The summed E-state index contributed by atoms with van der Waals surface area (Å²) in [6.45, 7) is 0. The molecule has 1 aliphatic carbocycles. The maximum absolute atomic E-state index is 8.98. The lowest BCUT2D eigenvalue weighted by Crippen LogP contribution is -2.34. The van der Waals surface area contributed by atoms with E-state index in [0.717, 1.165) is 25.0 Å². The Kier molecular flexibility index (Phi) is 2.84. The lowest BCUT2D eigenvalue weighted by atomic mass is 9.94. The van der Waals surface area contributed by atoms with Crippen LogP contribution in [0.2, 0.25) is 0 Å². The smallest absolute Gasteiger partial charge is 0.118 e. The lowest BCUT2D eigenvalue weighted by Gasteiger charge is -2.14. The van der Waals surface area contributed by atoms with Gasteiger partial charge in [0.25, 0.3) is 0 Å². The Bertz CT molecular complexity index is 407.